The van der Waals surface area contributed by atoms with E-state index in [-0.39, 0.29) is 23.8 Å². The summed E-state index contributed by atoms with van der Waals surface area (Å²) in [6.07, 6.45) is 2.76. The number of rotatable bonds is 7. The molecule has 0 bridgehead atoms. The minimum atomic E-state index is -0.226. The smallest absolute Gasteiger partial charge is 0.305 e. The number of benzene rings is 1. The number of carbonyl (C=O) groups is 1. The Morgan fingerprint density at radius 3 is 2.64 bits per heavy atom. The fraction of sp³-hybridized carbons (Fsp3) is 0.320. The average Bonchev–Trinajstić information content (AvgIpc) is 3.30. The first-order valence-electron chi connectivity index (χ1n) is 10.9. The number of phenols is 1. The molecular weight excluding hydrogens is 436 g/mol. The molecule has 2 atom stereocenters. The zero-order chi connectivity index (χ0) is 23.5. The Labute approximate surface area is 199 Å². The number of carbonyl (C=O) groups excluding carboxylic acids is 1. The molecule has 8 heteroatoms. The van der Waals surface area contributed by atoms with E-state index in [9.17, 15) is 9.90 Å². The highest BCUT2D eigenvalue weighted by Crippen LogP contribution is 2.41. The number of aryl methyl sites for hydroxylation is 1. The summed E-state index contributed by atoms with van der Waals surface area (Å²) in [4.78, 5) is 18.4. The number of nitrogens with one attached hydrogen (secondary N) is 1. The topological polar surface area (TPSA) is 79.6 Å². The molecule has 0 spiro atoms. The van der Waals surface area contributed by atoms with Crippen LogP contribution < -0.4 is 5.32 Å². The number of hydrogen-bond donors (Lipinski definition) is 2. The van der Waals surface area contributed by atoms with Crippen molar-refractivity contribution in [2.45, 2.75) is 38.8 Å². The molecule has 2 aromatic heterocycles. The Morgan fingerprint density at radius 1 is 1.21 bits per heavy atom. The summed E-state index contributed by atoms with van der Waals surface area (Å²) >= 11 is 5.73. The van der Waals surface area contributed by atoms with Crippen LogP contribution in [-0.2, 0) is 9.53 Å². The van der Waals surface area contributed by atoms with Gasteiger partial charge in [0.05, 0.1) is 24.9 Å². The molecule has 0 unspecified atom stereocenters. The van der Waals surface area contributed by atoms with Gasteiger partial charge in [-0.25, -0.2) is 0 Å². The van der Waals surface area contributed by atoms with Crippen molar-refractivity contribution in [3.63, 3.8) is 0 Å². The highest BCUT2D eigenvalue weighted by Gasteiger charge is 2.41. The molecular formula is C25H28N4O3S. The molecule has 0 radical (unpaired) electrons. The number of hydrogen-bond acceptors (Lipinski definition) is 5. The van der Waals surface area contributed by atoms with E-state index in [4.69, 9.17) is 17.0 Å². The van der Waals surface area contributed by atoms with Crippen molar-refractivity contribution < 1.29 is 14.6 Å². The highest BCUT2D eigenvalue weighted by molar-refractivity contribution is 7.80. The lowest BCUT2D eigenvalue weighted by Crippen LogP contribution is -2.31. The fourth-order valence-electron chi connectivity index (χ4n) is 4.57. The minimum absolute atomic E-state index is 0.0814. The van der Waals surface area contributed by atoms with Gasteiger partial charge in [-0.05, 0) is 80.5 Å². The number of esters is 1. The Bertz CT molecular complexity index is 1140. The number of aromatic nitrogens is 2. The van der Waals surface area contributed by atoms with E-state index in [1.54, 1.807) is 18.3 Å². The summed E-state index contributed by atoms with van der Waals surface area (Å²) in [5, 5.41) is 13.8. The normalized spacial score (nSPS) is 17.8. The van der Waals surface area contributed by atoms with Gasteiger partial charge < -0.3 is 24.6 Å². The SMILES string of the molecule is COC(=O)CCCN1C(=S)N[C@@H](c2ccccn2)[C@@H]1c1cc(C)n(-c2ccc(O)cc2)c1C. The number of ether oxygens (including phenoxy) is 1. The van der Waals surface area contributed by atoms with Crippen LogP contribution in [0.1, 0.15) is 47.6 Å². The van der Waals surface area contributed by atoms with Crippen LogP contribution in [0.15, 0.2) is 54.7 Å². The monoisotopic (exact) mass is 464 g/mol. The maximum Gasteiger partial charge on any atom is 0.305 e. The standard InChI is InChI=1S/C25H28N4O3S/c1-16-15-20(17(2)29(16)18-9-11-19(30)12-10-18)24-23(21-7-4-5-13-26-21)27-25(33)28(24)14-6-8-22(31)32-3/h4-5,7,9-13,15,23-24,30H,6,8,14H2,1-3H3,(H,27,33)/t23-,24-/m0/s1. The molecule has 0 aliphatic carbocycles. The van der Waals surface area contributed by atoms with Gasteiger partial charge in [0, 0.05) is 36.2 Å². The lowest BCUT2D eigenvalue weighted by molar-refractivity contribution is -0.140. The zero-order valence-electron chi connectivity index (χ0n) is 19.0. The predicted molar refractivity (Wildman–Crippen MR) is 130 cm³/mol. The lowest BCUT2D eigenvalue weighted by atomic mass is 9.96. The van der Waals surface area contributed by atoms with Crippen LogP contribution in [0.5, 0.6) is 5.75 Å². The van der Waals surface area contributed by atoms with Crippen molar-refractivity contribution >= 4 is 23.3 Å². The molecule has 0 amide bonds. The molecule has 3 heterocycles. The number of nitrogens with zero attached hydrogens (tertiary/aromatic N) is 3. The van der Waals surface area contributed by atoms with Crippen molar-refractivity contribution in [3.05, 3.63) is 77.4 Å². The van der Waals surface area contributed by atoms with E-state index in [0.29, 0.717) is 24.5 Å². The van der Waals surface area contributed by atoms with E-state index < -0.39 is 0 Å². The fourth-order valence-corrected chi connectivity index (χ4v) is 4.90. The minimum Gasteiger partial charge on any atom is -0.508 e. The van der Waals surface area contributed by atoms with Crippen LogP contribution in [-0.4, -0.2) is 44.3 Å². The van der Waals surface area contributed by atoms with E-state index in [1.165, 1.54) is 7.11 Å². The Balaban J connectivity index is 1.74. The molecule has 1 fully saturated rings. The number of methoxy groups -OCH3 is 1. The van der Waals surface area contributed by atoms with Gasteiger partial charge >= 0.3 is 5.97 Å². The maximum absolute atomic E-state index is 11.7. The van der Waals surface area contributed by atoms with Crippen LogP contribution in [0, 0.1) is 13.8 Å². The molecule has 2 N–H and O–H groups in total. The molecule has 33 heavy (non-hydrogen) atoms. The maximum atomic E-state index is 11.7. The summed E-state index contributed by atoms with van der Waals surface area (Å²) in [5.41, 5.74) is 5.21. The van der Waals surface area contributed by atoms with E-state index in [2.05, 4.69) is 39.7 Å². The summed E-state index contributed by atoms with van der Waals surface area (Å²) in [7, 11) is 1.41. The predicted octanol–water partition coefficient (Wildman–Crippen LogP) is 4.12. The molecule has 1 saturated heterocycles. The van der Waals surface area contributed by atoms with Crippen LogP contribution in [0.4, 0.5) is 0 Å². The molecule has 3 aromatic rings. The van der Waals surface area contributed by atoms with Gasteiger partial charge in [-0.15, -0.1) is 0 Å². The van der Waals surface area contributed by atoms with Gasteiger partial charge in [-0.2, -0.15) is 0 Å². The second-order valence-corrected chi connectivity index (χ2v) is 8.56. The van der Waals surface area contributed by atoms with Crippen molar-refractivity contribution in [2.75, 3.05) is 13.7 Å². The quantitative estimate of drug-likeness (QED) is 0.402. The molecule has 1 aliphatic heterocycles. The van der Waals surface area contributed by atoms with Crippen molar-refractivity contribution in [1.82, 2.24) is 19.8 Å². The third-order valence-corrected chi connectivity index (χ3v) is 6.45. The van der Waals surface area contributed by atoms with Crippen LogP contribution in [0.25, 0.3) is 5.69 Å². The molecule has 1 aliphatic rings. The summed E-state index contributed by atoms with van der Waals surface area (Å²) in [6.45, 7) is 4.79. The van der Waals surface area contributed by atoms with Crippen molar-refractivity contribution in [3.8, 4) is 11.4 Å². The van der Waals surface area contributed by atoms with Gasteiger partial charge in [0.2, 0.25) is 0 Å². The molecule has 0 saturated carbocycles. The third kappa shape index (κ3) is 4.57. The third-order valence-electron chi connectivity index (χ3n) is 6.10. The van der Waals surface area contributed by atoms with Gasteiger partial charge in [0.25, 0.3) is 0 Å². The number of aromatic hydroxyl groups is 1. The zero-order valence-corrected chi connectivity index (χ0v) is 19.8. The van der Waals surface area contributed by atoms with E-state index in [0.717, 1.165) is 28.3 Å². The van der Waals surface area contributed by atoms with Gasteiger partial charge in [0.1, 0.15) is 5.75 Å². The first kappa shape index (κ1) is 22.8. The summed E-state index contributed by atoms with van der Waals surface area (Å²) in [5.74, 6) is 0.00943. The van der Waals surface area contributed by atoms with Gasteiger partial charge in [-0.3, -0.25) is 9.78 Å². The highest BCUT2D eigenvalue weighted by atomic mass is 32.1. The second kappa shape index (κ2) is 9.62. The van der Waals surface area contributed by atoms with Crippen LogP contribution in [0.2, 0.25) is 0 Å². The Morgan fingerprint density at radius 2 is 1.97 bits per heavy atom. The lowest BCUT2D eigenvalue weighted by Gasteiger charge is -2.28. The van der Waals surface area contributed by atoms with Crippen LogP contribution in [0.3, 0.4) is 0 Å². The molecule has 7 nitrogen and oxygen atoms in total. The molecule has 1 aromatic carbocycles. The number of pyridine rings is 1. The molecule has 4 rings (SSSR count). The average molecular weight is 465 g/mol. The Kier molecular flexibility index (Phi) is 6.65. The van der Waals surface area contributed by atoms with Gasteiger partial charge in [-0.1, -0.05) is 6.07 Å². The van der Waals surface area contributed by atoms with Crippen molar-refractivity contribution in [1.29, 1.82) is 0 Å². The molecule has 172 valence electrons. The van der Waals surface area contributed by atoms with Gasteiger partial charge in [0.15, 0.2) is 5.11 Å². The van der Waals surface area contributed by atoms with E-state index >= 15 is 0 Å². The first-order chi connectivity index (χ1) is 15.9. The van der Waals surface area contributed by atoms with Crippen molar-refractivity contribution in [2.24, 2.45) is 0 Å². The number of thiocarbonyl (C=S) groups is 1. The first-order valence-corrected chi connectivity index (χ1v) is 11.3. The second-order valence-electron chi connectivity index (χ2n) is 8.18. The Hall–Kier alpha value is -3.39. The summed E-state index contributed by atoms with van der Waals surface area (Å²) < 4.78 is 6.98. The number of phenolic OH excluding ortho intramolecular Hbond substituents is 1. The van der Waals surface area contributed by atoms with Crippen LogP contribution >= 0.6 is 12.2 Å². The van der Waals surface area contributed by atoms with E-state index in [1.807, 2.05) is 30.3 Å². The largest absolute Gasteiger partial charge is 0.508 e. The summed E-state index contributed by atoms with van der Waals surface area (Å²) in [6, 6.07) is 15.1.